The first-order valence-corrected chi connectivity index (χ1v) is 8.38. The minimum Gasteiger partial charge on any atom is -0.381 e. The summed E-state index contributed by atoms with van der Waals surface area (Å²) in [5, 5.41) is 0. The average molecular weight is 335 g/mol. The molecule has 0 amide bonds. The van der Waals surface area contributed by atoms with Gasteiger partial charge in [0, 0.05) is 31.3 Å². The standard InChI is InChI=1S/C14H16Cl2O3S/c15-11-7-10(13(16)20-11)12(17)9-1-4-19-14(8-9)2-5-18-6-3-14/h7,9H,1-6,8H2. The lowest BCUT2D eigenvalue weighted by molar-refractivity contribution is -0.142. The van der Waals surface area contributed by atoms with Gasteiger partial charge in [-0.1, -0.05) is 23.2 Å². The molecule has 0 aromatic carbocycles. The van der Waals surface area contributed by atoms with E-state index in [2.05, 4.69) is 0 Å². The molecular formula is C14H16Cl2O3S. The van der Waals surface area contributed by atoms with Gasteiger partial charge in [-0.25, -0.2) is 0 Å². The number of carbonyl (C=O) groups excluding carboxylic acids is 1. The molecule has 2 aliphatic heterocycles. The molecule has 0 bridgehead atoms. The van der Waals surface area contributed by atoms with Crippen molar-refractivity contribution >= 4 is 40.3 Å². The molecule has 6 heteroatoms. The van der Waals surface area contributed by atoms with Crippen LogP contribution in [0.3, 0.4) is 0 Å². The largest absolute Gasteiger partial charge is 0.381 e. The summed E-state index contributed by atoms with van der Waals surface area (Å²) in [6.07, 6.45) is 3.26. The predicted molar refractivity (Wildman–Crippen MR) is 80.1 cm³/mol. The van der Waals surface area contributed by atoms with Gasteiger partial charge in [-0.15, -0.1) is 11.3 Å². The Labute approximate surface area is 132 Å². The molecule has 1 unspecified atom stereocenters. The number of carbonyl (C=O) groups is 1. The third-order valence-corrected chi connectivity index (χ3v) is 5.68. The number of hydrogen-bond acceptors (Lipinski definition) is 4. The number of thiophene rings is 1. The zero-order chi connectivity index (χ0) is 14.2. The van der Waals surface area contributed by atoms with Crippen LogP contribution < -0.4 is 0 Å². The van der Waals surface area contributed by atoms with Gasteiger partial charge < -0.3 is 9.47 Å². The number of hydrogen-bond donors (Lipinski definition) is 0. The molecule has 3 rings (SSSR count). The molecular weight excluding hydrogens is 319 g/mol. The second-order valence-corrected chi connectivity index (χ2v) is 7.72. The van der Waals surface area contributed by atoms with E-state index in [-0.39, 0.29) is 17.3 Å². The number of ketones is 1. The van der Waals surface area contributed by atoms with Crippen LogP contribution in [-0.4, -0.2) is 31.2 Å². The normalized spacial score (nSPS) is 25.8. The third kappa shape index (κ3) is 2.90. The molecule has 1 aromatic heterocycles. The van der Waals surface area contributed by atoms with Crippen LogP contribution in [-0.2, 0) is 9.47 Å². The molecule has 0 saturated carbocycles. The van der Waals surface area contributed by atoms with Crippen molar-refractivity contribution in [2.45, 2.75) is 31.3 Å². The van der Waals surface area contributed by atoms with E-state index < -0.39 is 0 Å². The van der Waals surface area contributed by atoms with E-state index in [0.29, 0.717) is 34.1 Å². The summed E-state index contributed by atoms with van der Waals surface area (Å²) < 4.78 is 12.4. The number of rotatable bonds is 2. The maximum atomic E-state index is 12.6. The van der Waals surface area contributed by atoms with Crippen LogP contribution in [0.1, 0.15) is 36.0 Å². The lowest BCUT2D eigenvalue weighted by atomic mass is 9.78. The lowest BCUT2D eigenvalue weighted by Gasteiger charge is -2.42. The van der Waals surface area contributed by atoms with Crippen LogP contribution >= 0.6 is 34.5 Å². The second kappa shape index (κ2) is 5.93. The molecule has 2 fully saturated rings. The van der Waals surface area contributed by atoms with E-state index in [4.69, 9.17) is 32.7 Å². The Morgan fingerprint density at radius 1 is 1.30 bits per heavy atom. The van der Waals surface area contributed by atoms with Crippen molar-refractivity contribution in [1.82, 2.24) is 0 Å². The van der Waals surface area contributed by atoms with Gasteiger partial charge in [0.05, 0.1) is 9.94 Å². The fourth-order valence-electron chi connectivity index (χ4n) is 3.07. The van der Waals surface area contributed by atoms with Crippen LogP contribution in [0.25, 0.3) is 0 Å². The molecule has 110 valence electrons. The summed E-state index contributed by atoms with van der Waals surface area (Å²) in [6, 6.07) is 1.68. The van der Waals surface area contributed by atoms with Gasteiger partial charge in [-0.2, -0.15) is 0 Å². The van der Waals surface area contributed by atoms with Crippen molar-refractivity contribution < 1.29 is 14.3 Å². The number of halogens is 2. The van der Waals surface area contributed by atoms with Crippen molar-refractivity contribution in [3.63, 3.8) is 0 Å². The molecule has 20 heavy (non-hydrogen) atoms. The molecule has 2 saturated heterocycles. The van der Waals surface area contributed by atoms with E-state index in [0.717, 1.165) is 25.7 Å². The summed E-state index contributed by atoms with van der Waals surface area (Å²) >= 11 is 13.3. The molecule has 3 nitrogen and oxygen atoms in total. The van der Waals surface area contributed by atoms with E-state index in [1.165, 1.54) is 11.3 Å². The van der Waals surface area contributed by atoms with Gasteiger partial charge in [0.25, 0.3) is 0 Å². The Hall–Kier alpha value is -0.130. The maximum Gasteiger partial charge on any atom is 0.168 e. The third-order valence-electron chi connectivity index (χ3n) is 4.19. The number of ether oxygens (including phenoxy) is 2. The van der Waals surface area contributed by atoms with Gasteiger partial charge in [-0.05, 0) is 31.7 Å². The molecule has 2 aliphatic rings. The maximum absolute atomic E-state index is 12.6. The highest BCUT2D eigenvalue weighted by Gasteiger charge is 2.41. The van der Waals surface area contributed by atoms with E-state index in [1.54, 1.807) is 6.07 Å². The minimum absolute atomic E-state index is 0.0231. The molecule has 0 N–H and O–H groups in total. The van der Waals surface area contributed by atoms with Crippen LogP contribution in [0.5, 0.6) is 0 Å². The Balaban J connectivity index is 1.76. The second-order valence-electron chi connectivity index (χ2n) is 5.44. The molecule has 0 radical (unpaired) electrons. The van der Waals surface area contributed by atoms with Crippen molar-refractivity contribution in [1.29, 1.82) is 0 Å². The van der Waals surface area contributed by atoms with Crippen molar-refractivity contribution in [3.8, 4) is 0 Å². The zero-order valence-electron chi connectivity index (χ0n) is 11.0. The first-order chi connectivity index (χ1) is 9.60. The highest BCUT2D eigenvalue weighted by atomic mass is 35.5. The van der Waals surface area contributed by atoms with Crippen molar-refractivity contribution in [2.24, 2.45) is 5.92 Å². The predicted octanol–water partition coefficient (Wildman–Crippen LogP) is 4.21. The summed E-state index contributed by atoms with van der Waals surface area (Å²) in [5.41, 5.74) is 0.388. The smallest absolute Gasteiger partial charge is 0.168 e. The summed E-state index contributed by atoms with van der Waals surface area (Å²) in [7, 11) is 0. The van der Waals surface area contributed by atoms with E-state index >= 15 is 0 Å². The van der Waals surface area contributed by atoms with Gasteiger partial charge >= 0.3 is 0 Å². The molecule has 1 spiro atoms. The zero-order valence-corrected chi connectivity index (χ0v) is 13.3. The van der Waals surface area contributed by atoms with Gasteiger partial charge in [0.15, 0.2) is 5.78 Å². The van der Waals surface area contributed by atoms with Crippen molar-refractivity contribution in [3.05, 3.63) is 20.3 Å². The molecule has 1 atom stereocenters. The van der Waals surface area contributed by atoms with Crippen LogP contribution in [0.15, 0.2) is 6.07 Å². The number of Topliss-reactive ketones (excluding diaryl/α,β-unsaturated/α-hetero) is 1. The van der Waals surface area contributed by atoms with Gasteiger partial charge in [-0.3, -0.25) is 4.79 Å². The average Bonchev–Trinajstić information content (AvgIpc) is 2.78. The highest BCUT2D eigenvalue weighted by Crippen LogP contribution is 2.40. The quantitative estimate of drug-likeness (QED) is 0.760. The summed E-state index contributed by atoms with van der Waals surface area (Å²) in [4.78, 5) is 12.6. The van der Waals surface area contributed by atoms with Crippen molar-refractivity contribution in [2.75, 3.05) is 19.8 Å². The van der Waals surface area contributed by atoms with Gasteiger partial charge in [0.1, 0.15) is 4.34 Å². The Kier molecular flexibility index (Phi) is 4.39. The van der Waals surface area contributed by atoms with Crippen LogP contribution in [0.4, 0.5) is 0 Å². The molecule has 0 aliphatic carbocycles. The molecule has 3 heterocycles. The SMILES string of the molecule is O=C(c1cc(Cl)sc1Cl)C1CCOC2(CCOCC2)C1. The first kappa shape index (κ1) is 14.8. The summed E-state index contributed by atoms with van der Waals surface area (Å²) in [5.74, 6) is 0.0809. The van der Waals surface area contributed by atoms with Gasteiger partial charge in [0.2, 0.25) is 0 Å². The lowest BCUT2D eigenvalue weighted by Crippen LogP contribution is -2.45. The first-order valence-electron chi connectivity index (χ1n) is 6.80. The highest BCUT2D eigenvalue weighted by molar-refractivity contribution is 7.20. The van der Waals surface area contributed by atoms with Crippen LogP contribution in [0, 0.1) is 5.92 Å². The Morgan fingerprint density at radius 2 is 2.05 bits per heavy atom. The fourth-order valence-corrected chi connectivity index (χ4v) is 4.55. The Bertz CT molecular complexity index is 503. The van der Waals surface area contributed by atoms with E-state index in [1.807, 2.05) is 0 Å². The van der Waals surface area contributed by atoms with E-state index in [9.17, 15) is 4.79 Å². The fraction of sp³-hybridized carbons (Fsp3) is 0.643. The summed E-state index contributed by atoms with van der Waals surface area (Å²) in [6.45, 7) is 2.06. The topological polar surface area (TPSA) is 35.5 Å². The Morgan fingerprint density at radius 3 is 2.70 bits per heavy atom. The monoisotopic (exact) mass is 334 g/mol. The molecule has 1 aromatic rings. The minimum atomic E-state index is -0.177. The van der Waals surface area contributed by atoms with Crippen LogP contribution in [0.2, 0.25) is 8.67 Å².